The number of likely N-dealkylation sites (tertiary alicyclic amines) is 1. The predicted octanol–water partition coefficient (Wildman–Crippen LogP) is 2.84. The van der Waals surface area contributed by atoms with E-state index in [4.69, 9.17) is 0 Å². The fourth-order valence-corrected chi connectivity index (χ4v) is 5.96. The molecule has 2 aromatic carbocycles. The zero-order valence-electron chi connectivity index (χ0n) is 17.8. The molecule has 6 nitrogen and oxygen atoms in total. The second-order valence-electron chi connectivity index (χ2n) is 8.44. The van der Waals surface area contributed by atoms with Crippen molar-refractivity contribution in [3.63, 3.8) is 0 Å². The van der Waals surface area contributed by atoms with E-state index in [1.54, 1.807) is 30.3 Å². The minimum absolute atomic E-state index is 0.00129. The Labute approximate surface area is 179 Å². The fourth-order valence-electron chi connectivity index (χ4n) is 4.46. The van der Waals surface area contributed by atoms with Crippen LogP contribution >= 0.6 is 0 Å². The van der Waals surface area contributed by atoms with E-state index in [0.717, 1.165) is 37.1 Å². The van der Waals surface area contributed by atoms with Gasteiger partial charge in [0.05, 0.1) is 23.0 Å². The molecule has 0 radical (unpaired) electrons. The van der Waals surface area contributed by atoms with Crippen LogP contribution in [0, 0.1) is 6.92 Å². The molecule has 2 aromatic rings. The number of sulfonamides is 1. The number of anilines is 1. The Morgan fingerprint density at radius 1 is 1.03 bits per heavy atom. The summed E-state index contributed by atoms with van der Waals surface area (Å²) in [6.45, 7) is 4.01. The van der Waals surface area contributed by atoms with Crippen LogP contribution in [0.25, 0.3) is 0 Å². The van der Waals surface area contributed by atoms with Gasteiger partial charge in [0.2, 0.25) is 5.91 Å². The van der Waals surface area contributed by atoms with Crippen molar-refractivity contribution < 1.29 is 13.2 Å². The quantitative estimate of drug-likeness (QED) is 0.753. The lowest BCUT2D eigenvalue weighted by Crippen LogP contribution is -2.46. The summed E-state index contributed by atoms with van der Waals surface area (Å²) < 4.78 is 28.2. The van der Waals surface area contributed by atoms with Gasteiger partial charge in [0.25, 0.3) is 10.0 Å². The Morgan fingerprint density at radius 2 is 1.67 bits per heavy atom. The maximum atomic E-state index is 13.4. The molecule has 2 aliphatic heterocycles. The van der Waals surface area contributed by atoms with Crippen LogP contribution in [0.15, 0.2) is 53.4 Å². The van der Waals surface area contributed by atoms with Crippen molar-refractivity contribution in [3.05, 3.63) is 59.7 Å². The van der Waals surface area contributed by atoms with E-state index >= 15 is 0 Å². The van der Waals surface area contributed by atoms with Crippen molar-refractivity contribution >= 4 is 21.6 Å². The van der Waals surface area contributed by atoms with Crippen molar-refractivity contribution in [2.45, 2.75) is 36.6 Å². The number of benzene rings is 2. The first kappa shape index (κ1) is 20.9. The first-order valence-corrected chi connectivity index (χ1v) is 11.9. The van der Waals surface area contributed by atoms with Gasteiger partial charge in [-0.25, -0.2) is 8.42 Å². The highest BCUT2D eigenvalue weighted by Gasteiger charge is 2.41. The molecule has 1 atom stereocenters. The van der Waals surface area contributed by atoms with Gasteiger partial charge >= 0.3 is 0 Å². The monoisotopic (exact) mass is 427 g/mol. The highest BCUT2D eigenvalue weighted by Crippen LogP contribution is 2.40. The van der Waals surface area contributed by atoms with Crippen LogP contribution < -0.4 is 4.31 Å². The van der Waals surface area contributed by atoms with Gasteiger partial charge in [-0.3, -0.25) is 9.10 Å². The number of rotatable bonds is 4. The Kier molecular flexibility index (Phi) is 5.59. The van der Waals surface area contributed by atoms with Crippen LogP contribution in [-0.4, -0.2) is 63.9 Å². The van der Waals surface area contributed by atoms with Gasteiger partial charge in [-0.2, -0.15) is 0 Å². The number of fused-ring (bicyclic) bond motifs is 1. The largest absolute Gasteiger partial charge is 0.342 e. The number of likely N-dealkylation sites (N-methyl/N-ethyl adjacent to an activating group) is 1. The number of para-hydroxylation sites is 1. The molecule has 7 heteroatoms. The van der Waals surface area contributed by atoms with E-state index in [9.17, 15) is 13.2 Å². The lowest BCUT2D eigenvalue weighted by atomic mass is 9.97. The Hall–Kier alpha value is -2.38. The average molecular weight is 428 g/mol. The van der Waals surface area contributed by atoms with Gasteiger partial charge < -0.3 is 9.80 Å². The van der Waals surface area contributed by atoms with Gasteiger partial charge in [-0.05, 0) is 63.7 Å². The highest BCUT2D eigenvalue weighted by molar-refractivity contribution is 7.92. The van der Waals surface area contributed by atoms with Crippen molar-refractivity contribution in [1.29, 1.82) is 0 Å². The Bertz CT molecular complexity index is 1030. The van der Waals surface area contributed by atoms with Crippen molar-refractivity contribution in [2.75, 3.05) is 38.0 Å². The number of hydrogen-bond acceptors (Lipinski definition) is 4. The van der Waals surface area contributed by atoms with Crippen LogP contribution in [0.3, 0.4) is 0 Å². The SMILES string of the molecule is Cc1ccc(S(=O)(=O)N2CC(C(=O)N(C)C3CCN(C)CC3)c3ccccc32)cc1. The first-order chi connectivity index (χ1) is 14.3. The molecule has 1 unspecified atom stereocenters. The summed E-state index contributed by atoms with van der Waals surface area (Å²) in [5, 5.41) is 0. The third kappa shape index (κ3) is 3.72. The molecule has 0 spiro atoms. The molecular formula is C23H29N3O3S. The molecule has 160 valence electrons. The third-order valence-electron chi connectivity index (χ3n) is 6.42. The normalized spacial score (nSPS) is 20.2. The van der Waals surface area contributed by atoms with Crippen molar-refractivity contribution in [3.8, 4) is 0 Å². The van der Waals surface area contributed by atoms with Crippen molar-refractivity contribution in [2.24, 2.45) is 0 Å². The molecule has 0 saturated carbocycles. The zero-order valence-corrected chi connectivity index (χ0v) is 18.6. The van der Waals surface area contributed by atoms with Crippen LogP contribution in [0.1, 0.15) is 29.9 Å². The van der Waals surface area contributed by atoms with E-state index in [-0.39, 0.29) is 23.4 Å². The van der Waals surface area contributed by atoms with E-state index in [2.05, 4.69) is 11.9 Å². The molecule has 1 amide bonds. The fraction of sp³-hybridized carbons (Fsp3) is 0.435. The highest BCUT2D eigenvalue weighted by atomic mass is 32.2. The summed E-state index contributed by atoms with van der Waals surface area (Å²) in [5.74, 6) is -0.482. The predicted molar refractivity (Wildman–Crippen MR) is 118 cm³/mol. The minimum Gasteiger partial charge on any atom is -0.342 e. The van der Waals surface area contributed by atoms with Crippen LogP contribution in [0.2, 0.25) is 0 Å². The summed E-state index contributed by atoms with van der Waals surface area (Å²) in [7, 11) is 0.218. The summed E-state index contributed by atoms with van der Waals surface area (Å²) in [6, 6.07) is 14.4. The van der Waals surface area contributed by atoms with Gasteiger partial charge in [0.1, 0.15) is 0 Å². The smallest absolute Gasteiger partial charge is 0.264 e. The Morgan fingerprint density at radius 3 is 2.33 bits per heavy atom. The molecule has 0 N–H and O–H groups in total. The van der Waals surface area contributed by atoms with E-state index in [1.807, 2.05) is 37.1 Å². The van der Waals surface area contributed by atoms with Gasteiger partial charge in [-0.15, -0.1) is 0 Å². The second kappa shape index (κ2) is 8.04. The molecule has 2 aliphatic rings. The van der Waals surface area contributed by atoms with E-state index in [1.165, 1.54) is 4.31 Å². The Balaban J connectivity index is 1.62. The minimum atomic E-state index is -3.74. The molecule has 0 bridgehead atoms. The summed E-state index contributed by atoms with van der Waals surface area (Å²) in [5.41, 5.74) is 2.40. The van der Waals surface area contributed by atoms with E-state index in [0.29, 0.717) is 5.69 Å². The summed E-state index contributed by atoms with van der Waals surface area (Å²) >= 11 is 0. The van der Waals surface area contributed by atoms with E-state index < -0.39 is 15.9 Å². The lowest BCUT2D eigenvalue weighted by molar-refractivity contribution is -0.134. The molecule has 1 fully saturated rings. The number of carbonyl (C=O) groups is 1. The van der Waals surface area contributed by atoms with Gasteiger partial charge in [-0.1, -0.05) is 35.9 Å². The summed E-state index contributed by atoms with van der Waals surface area (Å²) in [4.78, 5) is 17.8. The number of amides is 1. The molecule has 30 heavy (non-hydrogen) atoms. The number of aryl methyl sites for hydroxylation is 1. The molecule has 0 aliphatic carbocycles. The van der Waals surface area contributed by atoms with Crippen LogP contribution in [-0.2, 0) is 14.8 Å². The number of hydrogen-bond donors (Lipinski definition) is 0. The standard InChI is InChI=1S/C23H29N3O3S/c1-17-8-10-19(11-9-17)30(28,29)26-16-21(20-6-4-5-7-22(20)26)23(27)25(3)18-12-14-24(2)15-13-18/h4-11,18,21H,12-16H2,1-3H3. The maximum absolute atomic E-state index is 13.4. The zero-order chi connectivity index (χ0) is 21.5. The van der Waals surface area contributed by atoms with Crippen LogP contribution in [0.4, 0.5) is 5.69 Å². The average Bonchev–Trinajstić information content (AvgIpc) is 3.14. The second-order valence-corrected chi connectivity index (χ2v) is 10.3. The molecule has 0 aromatic heterocycles. The van der Waals surface area contributed by atoms with Crippen LogP contribution in [0.5, 0.6) is 0 Å². The lowest BCUT2D eigenvalue weighted by Gasteiger charge is -2.36. The molecule has 2 heterocycles. The van der Waals surface area contributed by atoms with Crippen molar-refractivity contribution in [1.82, 2.24) is 9.80 Å². The third-order valence-corrected chi connectivity index (χ3v) is 8.21. The first-order valence-electron chi connectivity index (χ1n) is 10.4. The molecule has 4 rings (SSSR count). The number of carbonyl (C=O) groups excluding carboxylic acids is 1. The van der Waals surface area contributed by atoms with Gasteiger partial charge in [0.15, 0.2) is 0 Å². The molecular weight excluding hydrogens is 398 g/mol. The summed E-state index contributed by atoms with van der Waals surface area (Å²) in [6.07, 6.45) is 1.89. The number of nitrogens with zero attached hydrogens (tertiary/aromatic N) is 3. The maximum Gasteiger partial charge on any atom is 0.264 e. The topological polar surface area (TPSA) is 60.9 Å². The molecule has 1 saturated heterocycles. The number of piperidine rings is 1. The van der Waals surface area contributed by atoms with Gasteiger partial charge in [0, 0.05) is 13.1 Å².